The quantitative estimate of drug-likeness (QED) is 0.838. The Hall–Kier alpha value is -1.40. The molecule has 0 aliphatic carbocycles. The third-order valence-electron chi connectivity index (χ3n) is 4.86. The van der Waals surface area contributed by atoms with Gasteiger partial charge in [0.15, 0.2) is 0 Å². The largest absolute Gasteiger partial charge is 0.343 e. The van der Waals surface area contributed by atoms with E-state index >= 15 is 0 Å². The smallest absolute Gasteiger partial charge is 0.251 e. The van der Waals surface area contributed by atoms with Crippen LogP contribution in [0.25, 0.3) is 0 Å². The van der Waals surface area contributed by atoms with Crippen LogP contribution in [0.2, 0.25) is 0 Å². The lowest BCUT2D eigenvalue weighted by Gasteiger charge is -2.21. The molecule has 0 radical (unpaired) electrons. The molecule has 0 aromatic heterocycles. The van der Waals surface area contributed by atoms with Gasteiger partial charge in [-0.1, -0.05) is 22.0 Å². The lowest BCUT2D eigenvalue weighted by Crippen LogP contribution is -2.41. The fourth-order valence-electron chi connectivity index (χ4n) is 3.47. The number of hydrogen-bond donors (Lipinski definition) is 2. The van der Waals surface area contributed by atoms with Crippen molar-refractivity contribution in [2.24, 2.45) is 11.8 Å². The second-order valence-corrected chi connectivity index (χ2v) is 7.25. The molecule has 5 nitrogen and oxygen atoms in total. The molecule has 2 saturated heterocycles. The molecule has 6 heteroatoms. The summed E-state index contributed by atoms with van der Waals surface area (Å²) in [4.78, 5) is 26.4. The molecule has 1 aromatic carbocycles. The van der Waals surface area contributed by atoms with Crippen LogP contribution >= 0.6 is 15.9 Å². The molecule has 2 fully saturated rings. The number of amides is 2. The van der Waals surface area contributed by atoms with E-state index in [2.05, 4.69) is 26.6 Å². The first-order chi connectivity index (χ1) is 11.1. The fraction of sp³-hybridized carbons (Fsp3) is 0.529. The minimum atomic E-state index is -0.212. The first kappa shape index (κ1) is 16.5. The minimum absolute atomic E-state index is 0.0151. The van der Waals surface area contributed by atoms with Crippen LogP contribution in [0, 0.1) is 11.8 Å². The van der Waals surface area contributed by atoms with Gasteiger partial charge in [-0.25, -0.2) is 0 Å². The van der Waals surface area contributed by atoms with Crippen molar-refractivity contribution in [1.82, 2.24) is 15.5 Å². The molecule has 124 valence electrons. The average molecular weight is 380 g/mol. The lowest BCUT2D eigenvalue weighted by molar-refractivity contribution is -0.130. The molecule has 0 bridgehead atoms. The molecule has 2 aliphatic rings. The standard InChI is InChI=1S/C17H22BrN3O2/c18-15-3-1-2-12(8-15)17(23)20-11-16(22)21-6-4-13-9-19-10-14(13)5-7-21/h1-3,8,13-14,19H,4-7,9-11H2,(H,20,23)/t13-,14+. The number of fused-ring (bicyclic) bond motifs is 1. The molecule has 0 unspecified atom stereocenters. The highest BCUT2D eigenvalue weighted by Crippen LogP contribution is 2.26. The summed E-state index contributed by atoms with van der Waals surface area (Å²) < 4.78 is 0.851. The maximum Gasteiger partial charge on any atom is 0.251 e. The number of carbonyl (C=O) groups is 2. The van der Waals surface area contributed by atoms with E-state index in [4.69, 9.17) is 0 Å². The van der Waals surface area contributed by atoms with E-state index in [1.54, 1.807) is 12.1 Å². The Morgan fingerprint density at radius 1 is 1.22 bits per heavy atom. The van der Waals surface area contributed by atoms with Crippen molar-refractivity contribution in [2.75, 3.05) is 32.7 Å². The third-order valence-corrected chi connectivity index (χ3v) is 5.35. The van der Waals surface area contributed by atoms with E-state index in [0.717, 1.165) is 43.5 Å². The highest BCUT2D eigenvalue weighted by atomic mass is 79.9. The molecular formula is C17H22BrN3O2. The van der Waals surface area contributed by atoms with Gasteiger partial charge in [0.25, 0.3) is 5.91 Å². The summed E-state index contributed by atoms with van der Waals surface area (Å²) in [6.45, 7) is 3.82. The maximum absolute atomic E-state index is 12.4. The molecule has 2 aliphatic heterocycles. The lowest BCUT2D eigenvalue weighted by atomic mass is 9.92. The predicted octanol–water partition coefficient (Wildman–Crippen LogP) is 1.64. The molecular weight excluding hydrogens is 358 g/mol. The number of benzene rings is 1. The van der Waals surface area contributed by atoms with Gasteiger partial charge in [0.05, 0.1) is 6.54 Å². The van der Waals surface area contributed by atoms with Gasteiger partial charge >= 0.3 is 0 Å². The summed E-state index contributed by atoms with van der Waals surface area (Å²) in [6.07, 6.45) is 2.12. The van der Waals surface area contributed by atoms with Crippen LogP contribution in [0.3, 0.4) is 0 Å². The average Bonchev–Trinajstić information content (AvgIpc) is 2.90. The van der Waals surface area contributed by atoms with Gasteiger partial charge in [-0.3, -0.25) is 9.59 Å². The zero-order valence-corrected chi connectivity index (χ0v) is 14.6. The molecule has 23 heavy (non-hydrogen) atoms. The number of halogens is 1. The number of hydrogen-bond acceptors (Lipinski definition) is 3. The Morgan fingerprint density at radius 2 is 1.91 bits per heavy atom. The topological polar surface area (TPSA) is 61.4 Å². The first-order valence-electron chi connectivity index (χ1n) is 8.16. The van der Waals surface area contributed by atoms with E-state index in [0.29, 0.717) is 17.4 Å². The summed E-state index contributed by atoms with van der Waals surface area (Å²) in [5, 5.41) is 6.17. The van der Waals surface area contributed by atoms with Crippen LogP contribution in [0.1, 0.15) is 23.2 Å². The van der Waals surface area contributed by atoms with E-state index in [1.807, 2.05) is 17.0 Å². The van der Waals surface area contributed by atoms with Crippen LogP contribution < -0.4 is 10.6 Å². The number of rotatable bonds is 3. The summed E-state index contributed by atoms with van der Waals surface area (Å²) in [7, 11) is 0. The molecule has 2 N–H and O–H groups in total. The van der Waals surface area contributed by atoms with Crippen molar-refractivity contribution < 1.29 is 9.59 Å². The Morgan fingerprint density at radius 3 is 2.57 bits per heavy atom. The Bertz CT molecular complexity index is 579. The van der Waals surface area contributed by atoms with Gasteiger partial charge in [0, 0.05) is 23.1 Å². The minimum Gasteiger partial charge on any atom is -0.343 e. The highest BCUT2D eigenvalue weighted by Gasteiger charge is 2.31. The van der Waals surface area contributed by atoms with Gasteiger partial charge in [0.2, 0.25) is 5.91 Å². The third kappa shape index (κ3) is 4.12. The molecule has 1 aromatic rings. The summed E-state index contributed by atoms with van der Waals surface area (Å²) in [5.41, 5.74) is 0.559. The number of nitrogens with zero attached hydrogens (tertiary/aromatic N) is 1. The second kappa shape index (κ2) is 7.45. The molecule has 0 spiro atoms. The van der Waals surface area contributed by atoms with Crippen molar-refractivity contribution in [3.8, 4) is 0 Å². The van der Waals surface area contributed by atoms with E-state index in [1.165, 1.54) is 0 Å². The second-order valence-electron chi connectivity index (χ2n) is 6.33. The number of likely N-dealkylation sites (tertiary alicyclic amines) is 1. The van der Waals surface area contributed by atoms with Crippen LogP contribution in [-0.2, 0) is 4.79 Å². The number of carbonyl (C=O) groups excluding carboxylic acids is 2. The normalized spacial score (nSPS) is 24.0. The zero-order chi connectivity index (χ0) is 16.2. The van der Waals surface area contributed by atoms with E-state index in [9.17, 15) is 9.59 Å². The van der Waals surface area contributed by atoms with E-state index < -0.39 is 0 Å². The van der Waals surface area contributed by atoms with Crippen molar-refractivity contribution >= 4 is 27.7 Å². The van der Waals surface area contributed by atoms with Crippen molar-refractivity contribution in [3.63, 3.8) is 0 Å². The molecule has 3 rings (SSSR count). The van der Waals surface area contributed by atoms with Crippen molar-refractivity contribution in [3.05, 3.63) is 34.3 Å². The van der Waals surface area contributed by atoms with Crippen molar-refractivity contribution in [1.29, 1.82) is 0 Å². The number of nitrogens with one attached hydrogen (secondary N) is 2. The van der Waals surface area contributed by atoms with Crippen LogP contribution in [-0.4, -0.2) is 49.4 Å². The van der Waals surface area contributed by atoms with Crippen LogP contribution in [0.15, 0.2) is 28.7 Å². The van der Waals surface area contributed by atoms with E-state index in [-0.39, 0.29) is 18.4 Å². The summed E-state index contributed by atoms with van der Waals surface area (Å²) in [6, 6.07) is 7.16. The molecule has 2 amide bonds. The zero-order valence-electron chi connectivity index (χ0n) is 13.1. The van der Waals surface area contributed by atoms with Crippen LogP contribution in [0.5, 0.6) is 0 Å². The molecule has 0 saturated carbocycles. The Labute approximate surface area is 144 Å². The highest BCUT2D eigenvalue weighted by molar-refractivity contribution is 9.10. The maximum atomic E-state index is 12.4. The Balaban J connectivity index is 1.50. The van der Waals surface area contributed by atoms with Gasteiger partial charge in [-0.05, 0) is 56.0 Å². The molecule has 2 atom stereocenters. The molecule has 2 heterocycles. The van der Waals surface area contributed by atoms with Gasteiger partial charge < -0.3 is 15.5 Å². The monoisotopic (exact) mass is 379 g/mol. The van der Waals surface area contributed by atoms with Crippen molar-refractivity contribution in [2.45, 2.75) is 12.8 Å². The predicted molar refractivity (Wildman–Crippen MR) is 92.1 cm³/mol. The van der Waals surface area contributed by atoms with Crippen LogP contribution in [0.4, 0.5) is 0 Å². The SMILES string of the molecule is O=C(NCC(=O)N1CC[C@@H]2CNC[C@@H]2CC1)c1cccc(Br)c1. The van der Waals surface area contributed by atoms with Gasteiger partial charge in [0.1, 0.15) is 0 Å². The Kier molecular flexibility index (Phi) is 5.33. The van der Waals surface area contributed by atoms with Gasteiger partial charge in [-0.15, -0.1) is 0 Å². The van der Waals surface area contributed by atoms with Gasteiger partial charge in [-0.2, -0.15) is 0 Å². The summed E-state index contributed by atoms with van der Waals surface area (Å²) >= 11 is 3.34. The first-order valence-corrected chi connectivity index (χ1v) is 8.95. The summed E-state index contributed by atoms with van der Waals surface area (Å²) in [5.74, 6) is 1.20. The fourth-order valence-corrected chi connectivity index (χ4v) is 3.87.